The number of aldehydes is 1. The van der Waals surface area contributed by atoms with Crippen LogP contribution in [0, 0.1) is 10.8 Å². The first-order valence-electron chi connectivity index (χ1n) is 5.18. The van der Waals surface area contributed by atoms with E-state index < -0.39 is 0 Å². The normalized spacial score (nSPS) is 41.8. The van der Waals surface area contributed by atoms with Gasteiger partial charge in [0.05, 0.1) is 6.10 Å². The van der Waals surface area contributed by atoms with Crippen molar-refractivity contribution in [1.82, 2.24) is 0 Å². The largest absolute Gasteiger partial charge is 0.378 e. The second-order valence-corrected chi connectivity index (χ2v) is 5.17. The maximum absolute atomic E-state index is 11.0. The van der Waals surface area contributed by atoms with Gasteiger partial charge in [-0.1, -0.05) is 13.8 Å². The fourth-order valence-electron chi connectivity index (χ4n) is 2.55. The minimum Gasteiger partial charge on any atom is -0.378 e. The molecule has 0 amide bonds. The van der Waals surface area contributed by atoms with E-state index in [2.05, 4.69) is 13.8 Å². The van der Waals surface area contributed by atoms with Gasteiger partial charge in [0.2, 0.25) is 0 Å². The van der Waals surface area contributed by atoms with Gasteiger partial charge in [-0.2, -0.15) is 0 Å². The van der Waals surface area contributed by atoms with E-state index >= 15 is 0 Å². The molecule has 0 aromatic rings. The first kappa shape index (κ1) is 9.20. The van der Waals surface area contributed by atoms with Gasteiger partial charge in [-0.25, -0.2) is 0 Å². The fraction of sp³-hybridized carbons (Fsp3) is 0.909. The molecule has 2 fully saturated rings. The second-order valence-electron chi connectivity index (χ2n) is 5.17. The molecule has 1 heterocycles. The third-order valence-electron chi connectivity index (χ3n) is 3.82. The van der Waals surface area contributed by atoms with Crippen LogP contribution in [0.3, 0.4) is 0 Å². The summed E-state index contributed by atoms with van der Waals surface area (Å²) in [5, 5.41) is 0. The third kappa shape index (κ3) is 1.41. The molecule has 1 aliphatic heterocycles. The van der Waals surface area contributed by atoms with Crippen LogP contribution in [0.5, 0.6) is 0 Å². The summed E-state index contributed by atoms with van der Waals surface area (Å²) < 4.78 is 5.57. The molecule has 1 unspecified atom stereocenters. The molecule has 2 atom stereocenters. The van der Waals surface area contributed by atoms with Crippen LogP contribution in [-0.2, 0) is 9.53 Å². The van der Waals surface area contributed by atoms with Gasteiger partial charge in [0, 0.05) is 12.0 Å². The Hall–Kier alpha value is -0.370. The van der Waals surface area contributed by atoms with E-state index in [1.54, 1.807) is 0 Å². The van der Waals surface area contributed by atoms with Crippen LogP contribution in [0.15, 0.2) is 0 Å². The van der Waals surface area contributed by atoms with Crippen LogP contribution in [-0.4, -0.2) is 19.0 Å². The zero-order chi connectivity index (χ0) is 9.53. The van der Waals surface area contributed by atoms with E-state index in [4.69, 9.17) is 4.74 Å². The molecule has 0 radical (unpaired) electrons. The highest BCUT2D eigenvalue weighted by Gasteiger charge is 2.61. The molecule has 1 saturated heterocycles. The molecule has 0 aromatic carbocycles. The van der Waals surface area contributed by atoms with Gasteiger partial charge in [-0.05, 0) is 31.1 Å². The standard InChI is InChI=1S/C11H18O2/c1-10(2)7-11(10,8-12)6-9-4-3-5-13-9/h8-9H,3-7H2,1-2H3/t9-,11?/m1/s1. The minimum atomic E-state index is -0.0536. The molecule has 2 rings (SSSR count). The number of hydrogen-bond acceptors (Lipinski definition) is 2. The molecule has 0 aromatic heterocycles. The van der Waals surface area contributed by atoms with Crippen LogP contribution < -0.4 is 0 Å². The zero-order valence-corrected chi connectivity index (χ0v) is 8.51. The molecule has 2 heteroatoms. The number of hydrogen-bond donors (Lipinski definition) is 0. The van der Waals surface area contributed by atoms with E-state index in [0.29, 0.717) is 6.10 Å². The number of carbonyl (C=O) groups is 1. The smallest absolute Gasteiger partial charge is 0.126 e. The molecular weight excluding hydrogens is 164 g/mol. The first-order valence-corrected chi connectivity index (χ1v) is 5.18. The predicted molar refractivity (Wildman–Crippen MR) is 50.5 cm³/mol. The minimum absolute atomic E-state index is 0.0536. The number of ether oxygens (including phenoxy) is 1. The summed E-state index contributed by atoms with van der Waals surface area (Å²) >= 11 is 0. The van der Waals surface area contributed by atoms with Crippen LogP contribution in [0.1, 0.15) is 39.5 Å². The summed E-state index contributed by atoms with van der Waals surface area (Å²) in [4.78, 5) is 11.0. The van der Waals surface area contributed by atoms with Crippen LogP contribution in [0.25, 0.3) is 0 Å². The highest BCUT2D eigenvalue weighted by Crippen LogP contribution is 2.65. The summed E-state index contributed by atoms with van der Waals surface area (Å²) in [6.45, 7) is 5.24. The lowest BCUT2D eigenvalue weighted by Crippen LogP contribution is -2.19. The summed E-state index contributed by atoms with van der Waals surface area (Å²) in [6, 6.07) is 0. The summed E-state index contributed by atoms with van der Waals surface area (Å²) in [5.41, 5.74) is 0.169. The molecule has 0 bridgehead atoms. The van der Waals surface area contributed by atoms with Gasteiger partial charge in [0.15, 0.2) is 0 Å². The van der Waals surface area contributed by atoms with Gasteiger partial charge in [-0.15, -0.1) is 0 Å². The fourth-order valence-corrected chi connectivity index (χ4v) is 2.55. The van der Waals surface area contributed by atoms with Crippen LogP contribution in [0.4, 0.5) is 0 Å². The summed E-state index contributed by atoms with van der Waals surface area (Å²) in [7, 11) is 0. The Bertz CT molecular complexity index is 216. The Kier molecular flexibility index (Phi) is 1.99. The van der Waals surface area contributed by atoms with E-state index in [9.17, 15) is 4.79 Å². The van der Waals surface area contributed by atoms with Crippen LogP contribution in [0.2, 0.25) is 0 Å². The monoisotopic (exact) mass is 182 g/mol. The molecular formula is C11H18O2. The molecule has 2 aliphatic rings. The maximum Gasteiger partial charge on any atom is 0.126 e. The second kappa shape index (κ2) is 2.81. The Morgan fingerprint density at radius 1 is 1.54 bits per heavy atom. The third-order valence-corrected chi connectivity index (χ3v) is 3.82. The van der Waals surface area contributed by atoms with Crippen molar-refractivity contribution < 1.29 is 9.53 Å². The van der Waals surface area contributed by atoms with Crippen molar-refractivity contribution in [2.45, 2.75) is 45.6 Å². The van der Waals surface area contributed by atoms with E-state index in [0.717, 1.165) is 32.2 Å². The Morgan fingerprint density at radius 3 is 2.62 bits per heavy atom. The first-order chi connectivity index (χ1) is 6.10. The van der Waals surface area contributed by atoms with Crippen molar-refractivity contribution in [2.24, 2.45) is 10.8 Å². The van der Waals surface area contributed by atoms with Gasteiger partial charge < -0.3 is 9.53 Å². The highest BCUT2D eigenvalue weighted by atomic mass is 16.5. The topological polar surface area (TPSA) is 26.3 Å². The Morgan fingerprint density at radius 2 is 2.23 bits per heavy atom. The lowest BCUT2D eigenvalue weighted by atomic mass is 9.90. The van der Waals surface area contributed by atoms with Gasteiger partial charge in [0.25, 0.3) is 0 Å². The van der Waals surface area contributed by atoms with E-state index in [1.807, 2.05) is 0 Å². The SMILES string of the molecule is CC1(C)CC1(C=O)C[C@H]1CCCO1. The lowest BCUT2D eigenvalue weighted by molar-refractivity contribution is -0.114. The Labute approximate surface area is 79.7 Å². The predicted octanol–water partition coefficient (Wildman–Crippen LogP) is 2.17. The van der Waals surface area contributed by atoms with E-state index in [-0.39, 0.29) is 10.8 Å². The zero-order valence-electron chi connectivity index (χ0n) is 8.51. The van der Waals surface area contributed by atoms with Gasteiger partial charge >= 0.3 is 0 Å². The molecule has 74 valence electrons. The van der Waals surface area contributed by atoms with Crippen molar-refractivity contribution in [3.8, 4) is 0 Å². The van der Waals surface area contributed by atoms with Crippen molar-refractivity contribution in [3.63, 3.8) is 0 Å². The molecule has 1 aliphatic carbocycles. The van der Waals surface area contributed by atoms with Crippen molar-refractivity contribution in [2.75, 3.05) is 6.61 Å². The number of carbonyl (C=O) groups excluding carboxylic acids is 1. The van der Waals surface area contributed by atoms with E-state index in [1.165, 1.54) is 6.42 Å². The highest BCUT2D eigenvalue weighted by molar-refractivity contribution is 5.66. The summed E-state index contributed by atoms with van der Waals surface area (Å²) in [5.74, 6) is 0. The van der Waals surface area contributed by atoms with Crippen LogP contribution >= 0.6 is 0 Å². The van der Waals surface area contributed by atoms with Gasteiger partial charge in [0.1, 0.15) is 6.29 Å². The number of rotatable bonds is 3. The summed E-state index contributed by atoms with van der Waals surface area (Å²) in [6.07, 6.45) is 5.82. The quantitative estimate of drug-likeness (QED) is 0.625. The molecule has 2 nitrogen and oxygen atoms in total. The van der Waals surface area contributed by atoms with Crippen molar-refractivity contribution in [1.29, 1.82) is 0 Å². The molecule has 0 spiro atoms. The molecule has 0 N–H and O–H groups in total. The average molecular weight is 182 g/mol. The molecule has 1 saturated carbocycles. The maximum atomic E-state index is 11.0. The lowest BCUT2D eigenvalue weighted by Gasteiger charge is -2.17. The Balaban J connectivity index is 1.96. The van der Waals surface area contributed by atoms with Crippen molar-refractivity contribution in [3.05, 3.63) is 0 Å². The van der Waals surface area contributed by atoms with Crippen molar-refractivity contribution >= 4 is 6.29 Å². The average Bonchev–Trinajstić information content (AvgIpc) is 2.52. The molecule has 13 heavy (non-hydrogen) atoms. The van der Waals surface area contributed by atoms with Gasteiger partial charge in [-0.3, -0.25) is 0 Å².